The Morgan fingerprint density at radius 3 is 1.77 bits per heavy atom. The zero-order chi connectivity index (χ0) is 59.7. The molecule has 2 fully saturated rings. The minimum absolute atomic E-state index is 0.0157. The van der Waals surface area contributed by atoms with Gasteiger partial charge >= 0.3 is 5.97 Å². The smallest absolute Gasteiger partial charge is 0.326 e. The molecule has 0 unspecified atom stereocenters. The first-order valence-electron chi connectivity index (χ1n) is 28.3. The van der Waals surface area contributed by atoms with Crippen molar-refractivity contribution in [2.24, 2.45) is 5.73 Å². The van der Waals surface area contributed by atoms with E-state index in [2.05, 4.69) is 33.5 Å². The molecular weight excluding hydrogens is 1070 g/mol. The average molecular weight is 1150 g/mol. The molecule has 12 N–H and O–H groups in total. The molecule has 7 amide bonds. The van der Waals surface area contributed by atoms with Crippen molar-refractivity contribution in [3.05, 3.63) is 120 Å². The van der Waals surface area contributed by atoms with Gasteiger partial charge in [-0.15, -0.1) is 0 Å². The van der Waals surface area contributed by atoms with Crippen LogP contribution in [0.4, 0.5) is 0 Å². The minimum atomic E-state index is -1.75. The summed E-state index contributed by atoms with van der Waals surface area (Å²) in [6, 6.07) is 18.0. The maximum absolute atomic E-state index is 14.5. The van der Waals surface area contributed by atoms with Crippen molar-refractivity contribution in [2.75, 3.05) is 26.2 Å². The molecule has 22 heteroatoms. The number of hydrogen-bond acceptors (Lipinski definition) is 14. The predicted octanol–water partition coefficient (Wildman–Crippen LogP) is 2.44. The van der Waals surface area contributed by atoms with E-state index in [1.165, 1.54) is 31.2 Å². The van der Waals surface area contributed by atoms with Gasteiger partial charge in [0.1, 0.15) is 53.8 Å². The Morgan fingerprint density at radius 2 is 1.20 bits per heavy atom. The molecule has 0 spiro atoms. The number of fused-ring (bicyclic) bond motifs is 2. The SMILES string of the molecule is CCCCCOc1ccc(-c2ccc(-c3ccc(C(=O)N[C@H]4C/C=C\C[C@@H](C(=O)O)NC(=O)[C@@H]5C[C@@H](O)CN5C(=O)[C@H](CCCN)NC(=O)[C@H](CCc5ccc(O)cc5)NC(=O)[C@@H]5C[C@@H](O)CN5C(=O)[C@H]([C@@H](C)O)NC4=O)cc3)cc2)cc1. The summed E-state index contributed by atoms with van der Waals surface area (Å²) >= 11 is 0. The fourth-order valence-corrected chi connectivity index (χ4v) is 10.4. The molecule has 3 heterocycles. The van der Waals surface area contributed by atoms with E-state index in [-0.39, 0.29) is 75.8 Å². The molecule has 3 aliphatic rings. The van der Waals surface area contributed by atoms with Gasteiger partial charge in [0.05, 0.1) is 24.9 Å². The van der Waals surface area contributed by atoms with Gasteiger partial charge in [-0.3, -0.25) is 33.6 Å². The van der Waals surface area contributed by atoms with E-state index < -0.39 is 114 Å². The molecule has 7 rings (SSSR count). The van der Waals surface area contributed by atoms with Crippen LogP contribution in [0.2, 0.25) is 0 Å². The average Bonchev–Trinajstić information content (AvgIpc) is 4.30. The number of aryl methyl sites for hydroxylation is 1. The number of carboxylic acid groups (broad SMARTS) is 1. The fraction of sp³-hybridized carbons (Fsp3) is 0.443. The van der Waals surface area contributed by atoms with E-state index in [1.807, 2.05) is 48.5 Å². The maximum Gasteiger partial charge on any atom is 0.326 e. The summed E-state index contributed by atoms with van der Waals surface area (Å²) in [7, 11) is 0. The van der Waals surface area contributed by atoms with E-state index in [0.29, 0.717) is 12.2 Å². The highest BCUT2D eigenvalue weighted by molar-refractivity contribution is 6.00. The largest absolute Gasteiger partial charge is 0.508 e. The number of aliphatic hydroxyl groups is 3. The number of aliphatic hydroxyl groups excluding tert-OH is 3. The Bertz CT molecular complexity index is 2920. The van der Waals surface area contributed by atoms with Crippen LogP contribution in [-0.4, -0.2) is 169 Å². The molecule has 2 saturated heterocycles. The molecule has 0 bridgehead atoms. The number of unbranched alkanes of at least 4 members (excludes halogenated alkanes) is 2. The van der Waals surface area contributed by atoms with E-state index in [0.717, 1.165) is 57.1 Å². The molecule has 444 valence electrons. The number of phenols is 1. The Kier molecular flexibility index (Phi) is 22.3. The zero-order valence-electron chi connectivity index (χ0n) is 46.7. The highest BCUT2D eigenvalue weighted by Gasteiger charge is 2.45. The lowest BCUT2D eigenvalue weighted by molar-refractivity contribution is -0.145. The third-order valence-electron chi connectivity index (χ3n) is 15.1. The van der Waals surface area contributed by atoms with Crippen LogP contribution in [0.15, 0.2) is 109 Å². The highest BCUT2D eigenvalue weighted by atomic mass is 16.5. The van der Waals surface area contributed by atoms with Gasteiger partial charge in [0.2, 0.25) is 35.4 Å². The van der Waals surface area contributed by atoms with Crippen LogP contribution in [0.5, 0.6) is 11.5 Å². The first-order chi connectivity index (χ1) is 39.8. The number of hydrogen-bond donors (Lipinski definition) is 11. The number of benzene rings is 4. The van der Waals surface area contributed by atoms with Crippen LogP contribution < -0.4 is 37.1 Å². The van der Waals surface area contributed by atoms with Gasteiger partial charge in [0.25, 0.3) is 5.91 Å². The number of ether oxygens (including phenoxy) is 1. The monoisotopic (exact) mass is 1140 g/mol. The van der Waals surface area contributed by atoms with E-state index in [4.69, 9.17) is 10.5 Å². The molecule has 4 aromatic rings. The molecule has 10 atom stereocenters. The van der Waals surface area contributed by atoms with Crippen molar-refractivity contribution in [2.45, 2.75) is 145 Å². The highest BCUT2D eigenvalue weighted by Crippen LogP contribution is 2.28. The van der Waals surface area contributed by atoms with Crippen LogP contribution in [0.1, 0.15) is 94.0 Å². The summed E-state index contributed by atoms with van der Waals surface area (Å²) in [6.45, 7) is 3.36. The van der Waals surface area contributed by atoms with Gasteiger partial charge < -0.3 is 72.4 Å². The molecule has 0 radical (unpaired) electrons. The second kappa shape index (κ2) is 29.7. The predicted molar refractivity (Wildman–Crippen MR) is 306 cm³/mol. The Labute approximate surface area is 481 Å². The molecule has 0 saturated carbocycles. The van der Waals surface area contributed by atoms with Crippen LogP contribution in [0.3, 0.4) is 0 Å². The zero-order valence-corrected chi connectivity index (χ0v) is 46.7. The van der Waals surface area contributed by atoms with Crippen molar-refractivity contribution in [3.63, 3.8) is 0 Å². The minimum Gasteiger partial charge on any atom is -0.508 e. The molecule has 22 nitrogen and oxygen atoms in total. The van der Waals surface area contributed by atoms with Crippen molar-refractivity contribution >= 4 is 47.3 Å². The van der Waals surface area contributed by atoms with Crippen molar-refractivity contribution in [1.29, 1.82) is 0 Å². The van der Waals surface area contributed by atoms with Gasteiger partial charge in [-0.2, -0.15) is 0 Å². The number of nitrogens with zero attached hydrogens (tertiary/aromatic N) is 2. The maximum atomic E-state index is 14.5. The second-order valence-electron chi connectivity index (χ2n) is 21.4. The Balaban J connectivity index is 1.15. The topological polar surface area (TPSA) is 340 Å². The third kappa shape index (κ3) is 17.0. The number of phenolic OH excluding ortho intramolecular Hbond substituents is 1. The van der Waals surface area contributed by atoms with Crippen molar-refractivity contribution in [1.82, 2.24) is 36.4 Å². The molecule has 3 aliphatic heterocycles. The third-order valence-corrected chi connectivity index (χ3v) is 15.1. The first kappa shape index (κ1) is 62.4. The number of nitrogens with one attached hydrogen (secondary N) is 5. The van der Waals surface area contributed by atoms with E-state index in [9.17, 15) is 63.9 Å². The number of amides is 7. The van der Waals surface area contributed by atoms with E-state index in [1.54, 1.807) is 36.4 Å². The summed E-state index contributed by atoms with van der Waals surface area (Å²) in [5.41, 5.74) is 10.3. The van der Waals surface area contributed by atoms with Gasteiger partial charge in [-0.05, 0) is 123 Å². The summed E-state index contributed by atoms with van der Waals surface area (Å²) in [6.07, 6.45) is 0.870. The van der Waals surface area contributed by atoms with Crippen molar-refractivity contribution in [3.8, 4) is 33.8 Å². The first-order valence-corrected chi connectivity index (χ1v) is 28.3. The number of carbonyl (C=O) groups is 8. The molecule has 4 aromatic carbocycles. The van der Waals surface area contributed by atoms with Gasteiger partial charge in [-0.25, -0.2) is 4.79 Å². The summed E-state index contributed by atoms with van der Waals surface area (Å²) in [5.74, 6) is -6.77. The number of nitrogens with two attached hydrogens (primary N) is 1. The lowest BCUT2D eigenvalue weighted by atomic mass is 9.99. The van der Waals surface area contributed by atoms with Crippen molar-refractivity contribution < 1.29 is 68.6 Å². The standard InChI is InChI=1S/C61H76N8O14/c1-3-4-7-31-83-46-27-23-41(24-28-46)39-17-15-38(16-18-39)40-19-21-42(22-20-40)54(74)63-47-9-5-6-10-50(61(81)82)66-58(78)51-32-44(72)34-68(51)59(79)49(11-8-30-62)65-55(75)48(29-14-37-12-25-43(71)26-13-37)64-57(77)52-33-45(73)35-69(52)60(80)53(36(2)70)67-56(47)76/h5-6,12-13,15-28,36,44-45,47-53,70-73H,3-4,7-11,14,29-35,62H2,1-2H3,(H,63,74)(H,64,77)(H,65,75)(H,66,78)(H,67,76)(H,81,82)/b6-5-/t36-,44-,45-,47+,48+,49+,50+,51+,52+,53+/m1/s1. The number of aromatic hydroxyl groups is 1. The van der Waals surface area contributed by atoms with E-state index >= 15 is 0 Å². The lowest BCUT2D eigenvalue weighted by Crippen LogP contribution is -2.61. The van der Waals surface area contributed by atoms with Crippen LogP contribution in [-0.2, 0) is 40.0 Å². The molecule has 0 aromatic heterocycles. The summed E-state index contributed by atoms with van der Waals surface area (Å²) in [5, 5.41) is 66.0. The normalized spacial score (nSPS) is 24.8. The number of aliphatic carboxylic acids is 1. The molecule has 83 heavy (non-hydrogen) atoms. The molecular formula is C61H76N8O14. The van der Waals surface area contributed by atoms with Crippen LogP contribution in [0, 0.1) is 0 Å². The number of rotatable bonds is 17. The van der Waals surface area contributed by atoms with Gasteiger partial charge in [0.15, 0.2) is 0 Å². The number of carboxylic acids is 1. The van der Waals surface area contributed by atoms with Gasteiger partial charge in [0, 0.05) is 31.5 Å². The number of carbonyl (C=O) groups excluding carboxylic acids is 7. The van der Waals surface area contributed by atoms with Gasteiger partial charge in [-0.1, -0.05) is 92.6 Å². The second-order valence-corrected chi connectivity index (χ2v) is 21.4. The summed E-state index contributed by atoms with van der Waals surface area (Å²) in [4.78, 5) is 115. The van der Waals surface area contributed by atoms with Crippen LogP contribution >= 0.6 is 0 Å². The Hall–Kier alpha value is -8.18. The van der Waals surface area contributed by atoms with Crippen LogP contribution in [0.25, 0.3) is 22.3 Å². The summed E-state index contributed by atoms with van der Waals surface area (Å²) < 4.78 is 5.86. The molecule has 0 aliphatic carbocycles. The Morgan fingerprint density at radius 1 is 0.663 bits per heavy atom. The lowest BCUT2D eigenvalue weighted by Gasteiger charge is -2.32. The fourth-order valence-electron chi connectivity index (χ4n) is 10.4. The quantitative estimate of drug-likeness (QED) is 0.0534.